The fraction of sp³-hybridized carbons (Fsp3) is 0. The molecule has 0 radical (unpaired) electrons. The Labute approximate surface area is 116 Å². The van der Waals surface area contributed by atoms with Gasteiger partial charge >= 0.3 is 0 Å². The van der Waals surface area contributed by atoms with Gasteiger partial charge in [-0.25, -0.2) is 4.39 Å². The number of hydrogen-bond donors (Lipinski definition) is 0. The largest absolute Gasteiger partial charge is 0.453 e. The topological polar surface area (TPSA) is 26.3 Å². The number of ether oxygens (including phenoxy) is 1. The summed E-state index contributed by atoms with van der Waals surface area (Å²) in [5.41, 5.74) is 0.304. The summed E-state index contributed by atoms with van der Waals surface area (Å²) in [7, 11) is 0. The van der Waals surface area contributed by atoms with Crippen molar-refractivity contribution in [3.05, 3.63) is 57.3 Å². The van der Waals surface area contributed by atoms with Crippen LogP contribution < -0.4 is 4.74 Å². The van der Waals surface area contributed by atoms with E-state index in [1.165, 1.54) is 24.3 Å². The first-order chi connectivity index (χ1) is 8.60. The zero-order chi connectivity index (χ0) is 13.1. The Morgan fingerprint density at radius 2 is 1.94 bits per heavy atom. The number of halogens is 3. The lowest BCUT2D eigenvalue weighted by molar-refractivity contribution is 0.112. The van der Waals surface area contributed by atoms with Gasteiger partial charge in [-0.15, -0.1) is 0 Å². The van der Waals surface area contributed by atoms with Gasteiger partial charge in [0, 0.05) is 15.6 Å². The normalized spacial score (nSPS) is 10.2. The molecule has 0 saturated carbocycles. The van der Waals surface area contributed by atoms with Crippen LogP contribution in [0, 0.1) is 5.82 Å². The fourth-order valence-electron chi connectivity index (χ4n) is 1.37. The Balaban J connectivity index is 2.41. The lowest BCUT2D eigenvalue weighted by Crippen LogP contribution is -1.92. The maximum absolute atomic E-state index is 13.5. The molecule has 0 fully saturated rings. The molecular formula is C13H7BrClFO2. The van der Waals surface area contributed by atoms with Crippen LogP contribution in [0.1, 0.15) is 10.4 Å². The molecule has 0 atom stereocenters. The van der Waals surface area contributed by atoms with E-state index in [9.17, 15) is 9.18 Å². The van der Waals surface area contributed by atoms with Crippen LogP contribution >= 0.6 is 27.5 Å². The van der Waals surface area contributed by atoms with E-state index in [-0.39, 0.29) is 11.5 Å². The lowest BCUT2D eigenvalue weighted by Gasteiger charge is -2.09. The maximum Gasteiger partial charge on any atom is 0.165 e. The smallest absolute Gasteiger partial charge is 0.165 e. The van der Waals surface area contributed by atoms with Crippen molar-refractivity contribution in [2.45, 2.75) is 0 Å². The maximum atomic E-state index is 13.5. The van der Waals surface area contributed by atoms with Crippen molar-refractivity contribution in [2.24, 2.45) is 0 Å². The minimum absolute atomic E-state index is 0.0229. The Kier molecular flexibility index (Phi) is 3.99. The van der Waals surface area contributed by atoms with Crippen molar-refractivity contribution in [1.82, 2.24) is 0 Å². The van der Waals surface area contributed by atoms with E-state index in [2.05, 4.69) is 15.9 Å². The van der Waals surface area contributed by atoms with Crippen LogP contribution in [0.4, 0.5) is 4.39 Å². The van der Waals surface area contributed by atoms with Crippen molar-refractivity contribution in [1.29, 1.82) is 0 Å². The number of benzene rings is 2. The molecule has 0 N–H and O–H groups in total. The number of rotatable bonds is 3. The summed E-state index contributed by atoms with van der Waals surface area (Å²) in [6, 6.07) is 8.85. The number of aldehydes is 1. The summed E-state index contributed by atoms with van der Waals surface area (Å²) in [5.74, 6) is -0.278. The van der Waals surface area contributed by atoms with E-state index in [0.717, 1.165) is 0 Å². The van der Waals surface area contributed by atoms with Gasteiger partial charge in [-0.3, -0.25) is 4.79 Å². The Bertz CT molecular complexity index is 602. The van der Waals surface area contributed by atoms with Gasteiger partial charge in [-0.05, 0) is 30.3 Å². The Morgan fingerprint density at radius 1 is 1.17 bits per heavy atom. The van der Waals surface area contributed by atoms with Crippen LogP contribution in [-0.2, 0) is 0 Å². The molecule has 0 heterocycles. The van der Waals surface area contributed by atoms with Crippen molar-refractivity contribution < 1.29 is 13.9 Å². The molecule has 0 unspecified atom stereocenters. The molecule has 0 spiro atoms. The van der Waals surface area contributed by atoms with Crippen molar-refractivity contribution in [3.63, 3.8) is 0 Å². The van der Waals surface area contributed by atoms with Gasteiger partial charge in [0.15, 0.2) is 17.9 Å². The second-order valence-corrected chi connectivity index (χ2v) is 4.83. The first-order valence-electron chi connectivity index (χ1n) is 4.98. The molecule has 18 heavy (non-hydrogen) atoms. The van der Waals surface area contributed by atoms with E-state index < -0.39 is 5.82 Å². The van der Waals surface area contributed by atoms with Crippen LogP contribution in [0.25, 0.3) is 0 Å². The standard InChI is InChI=1S/C13H7BrClFO2/c14-9-2-4-11(16)13(5-9)18-12-6-10(15)3-1-8(12)7-17/h1-7H. The minimum Gasteiger partial charge on any atom is -0.453 e. The van der Waals surface area contributed by atoms with E-state index in [4.69, 9.17) is 16.3 Å². The van der Waals surface area contributed by atoms with Crippen LogP contribution in [0.2, 0.25) is 5.02 Å². The van der Waals surface area contributed by atoms with Crippen LogP contribution in [0.3, 0.4) is 0 Å². The predicted octanol–water partition coefficient (Wildman–Crippen LogP) is 4.85. The molecule has 0 bridgehead atoms. The molecule has 2 aromatic carbocycles. The van der Waals surface area contributed by atoms with E-state index in [1.807, 2.05) is 0 Å². The highest BCUT2D eigenvalue weighted by Gasteiger charge is 2.09. The second-order valence-electron chi connectivity index (χ2n) is 3.48. The summed E-state index contributed by atoms with van der Waals surface area (Å²) in [6.45, 7) is 0. The quantitative estimate of drug-likeness (QED) is 0.753. The first-order valence-corrected chi connectivity index (χ1v) is 6.15. The highest BCUT2D eigenvalue weighted by molar-refractivity contribution is 9.10. The summed E-state index contributed by atoms with van der Waals surface area (Å²) in [4.78, 5) is 10.9. The highest BCUT2D eigenvalue weighted by Crippen LogP contribution is 2.30. The van der Waals surface area contributed by atoms with Gasteiger partial charge < -0.3 is 4.74 Å². The van der Waals surface area contributed by atoms with Gasteiger partial charge in [0.25, 0.3) is 0 Å². The average Bonchev–Trinajstić information content (AvgIpc) is 2.34. The first kappa shape index (κ1) is 13.1. The van der Waals surface area contributed by atoms with E-state index in [0.29, 0.717) is 21.3 Å². The van der Waals surface area contributed by atoms with Gasteiger partial charge in [0.2, 0.25) is 0 Å². The third-order valence-electron chi connectivity index (χ3n) is 2.22. The zero-order valence-electron chi connectivity index (χ0n) is 8.99. The molecule has 92 valence electrons. The second kappa shape index (κ2) is 5.50. The van der Waals surface area contributed by atoms with E-state index >= 15 is 0 Å². The Morgan fingerprint density at radius 3 is 2.67 bits per heavy atom. The van der Waals surface area contributed by atoms with Gasteiger partial charge in [-0.1, -0.05) is 27.5 Å². The number of carbonyl (C=O) groups is 1. The summed E-state index contributed by atoms with van der Waals surface area (Å²) in [5, 5.41) is 0.408. The van der Waals surface area contributed by atoms with Gasteiger partial charge in [0.1, 0.15) is 5.75 Å². The number of carbonyl (C=O) groups excluding carboxylic acids is 1. The molecule has 2 aromatic rings. The van der Waals surface area contributed by atoms with Gasteiger partial charge in [-0.2, -0.15) is 0 Å². The van der Waals surface area contributed by atoms with Crippen molar-refractivity contribution >= 4 is 33.8 Å². The van der Waals surface area contributed by atoms with Crippen LogP contribution in [0.15, 0.2) is 40.9 Å². The third-order valence-corrected chi connectivity index (χ3v) is 2.94. The summed E-state index contributed by atoms with van der Waals surface area (Å²) < 4.78 is 19.6. The molecule has 2 rings (SSSR count). The molecule has 0 aromatic heterocycles. The fourth-order valence-corrected chi connectivity index (χ4v) is 1.87. The molecule has 0 aliphatic heterocycles. The SMILES string of the molecule is O=Cc1ccc(Cl)cc1Oc1cc(Br)ccc1F. The average molecular weight is 330 g/mol. The summed E-state index contributed by atoms with van der Waals surface area (Å²) >= 11 is 9.03. The van der Waals surface area contributed by atoms with Crippen molar-refractivity contribution in [2.75, 3.05) is 0 Å². The highest BCUT2D eigenvalue weighted by atomic mass is 79.9. The third kappa shape index (κ3) is 2.89. The van der Waals surface area contributed by atoms with Crippen LogP contribution in [0.5, 0.6) is 11.5 Å². The molecular weight excluding hydrogens is 322 g/mol. The molecule has 0 aliphatic rings. The molecule has 0 saturated heterocycles. The monoisotopic (exact) mass is 328 g/mol. The molecule has 2 nitrogen and oxygen atoms in total. The summed E-state index contributed by atoms with van der Waals surface area (Å²) in [6.07, 6.45) is 0.627. The lowest BCUT2D eigenvalue weighted by atomic mass is 10.2. The molecule has 0 aliphatic carbocycles. The van der Waals surface area contributed by atoms with Crippen molar-refractivity contribution in [3.8, 4) is 11.5 Å². The predicted molar refractivity (Wildman–Crippen MR) is 71.0 cm³/mol. The number of hydrogen-bond acceptors (Lipinski definition) is 2. The van der Waals surface area contributed by atoms with Gasteiger partial charge in [0.05, 0.1) is 5.56 Å². The zero-order valence-corrected chi connectivity index (χ0v) is 11.3. The van der Waals surface area contributed by atoms with E-state index in [1.54, 1.807) is 12.1 Å². The molecule has 0 amide bonds. The van der Waals surface area contributed by atoms with Crippen LogP contribution in [-0.4, -0.2) is 6.29 Å². The minimum atomic E-state index is -0.518. The molecule has 5 heteroatoms. The Hall–Kier alpha value is -1.39.